The van der Waals surface area contributed by atoms with E-state index in [1.807, 2.05) is 48.7 Å². The van der Waals surface area contributed by atoms with E-state index in [1.54, 1.807) is 6.20 Å². The van der Waals surface area contributed by atoms with Crippen molar-refractivity contribution in [2.24, 2.45) is 0 Å². The summed E-state index contributed by atoms with van der Waals surface area (Å²) in [6.45, 7) is 13.6. The van der Waals surface area contributed by atoms with E-state index in [-0.39, 0.29) is 21.1 Å². The van der Waals surface area contributed by atoms with Gasteiger partial charge in [-0.05, 0) is 89.3 Å². The number of aryl methyl sites for hydroxylation is 2. The van der Waals surface area contributed by atoms with Crippen molar-refractivity contribution in [1.82, 2.24) is 19.1 Å². The second-order valence-corrected chi connectivity index (χ2v) is 14.7. The molecule has 0 saturated heterocycles. The number of nitrogens with zero attached hydrogens (tertiary/aromatic N) is 4. The van der Waals surface area contributed by atoms with Gasteiger partial charge in [-0.15, -0.1) is 41.3 Å². The van der Waals surface area contributed by atoms with Crippen molar-refractivity contribution < 1.29 is 25.8 Å². The fourth-order valence-corrected chi connectivity index (χ4v) is 7.79. The first-order chi connectivity index (χ1) is 25.7. The molecule has 0 radical (unpaired) electrons. The molecule has 5 nitrogen and oxygen atoms in total. The summed E-state index contributed by atoms with van der Waals surface area (Å²) in [7, 11) is 0. The van der Waals surface area contributed by atoms with E-state index in [0.717, 1.165) is 44.6 Å². The molecule has 0 atom stereocenters. The molecule has 0 fully saturated rings. The fourth-order valence-electron chi connectivity index (χ4n) is 7.79. The second kappa shape index (κ2) is 14.0. The third-order valence-corrected chi connectivity index (χ3v) is 10.4. The van der Waals surface area contributed by atoms with Crippen molar-refractivity contribution in [1.29, 1.82) is 0 Å². The molecule has 0 bridgehead atoms. The van der Waals surface area contributed by atoms with E-state index in [0.29, 0.717) is 23.3 Å². The van der Waals surface area contributed by atoms with Crippen molar-refractivity contribution in [3.05, 3.63) is 156 Å². The first-order valence-electron chi connectivity index (χ1n) is 18.4. The molecule has 0 aliphatic carbocycles. The number of aromatic nitrogens is 4. The summed E-state index contributed by atoms with van der Waals surface area (Å²) in [5.41, 5.74) is 12.5. The molecule has 5 aromatic carbocycles. The molecule has 0 amide bonds. The zero-order valence-electron chi connectivity index (χ0n) is 31.2. The van der Waals surface area contributed by atoms with E-state index in [4.69, 9.17) is 9.72 Å². The number of hydrogen-bond acceptors (Lipinski definition) is 3. The zero-order valence-corrected chi connectivity index (χ0v) is 33.5. The van der Waals surface area contributed by atoms with Gasteiger partial charge in [0.1, 0.15) is 5.82 Å². The largest absolute Gasteiger partial charge is 2.00 e. The van der Waals surface area contributed by atoms with Crippen molar-refractivity contribution >= 4 is 43.6 Å². The third-order valence-electron chi connectivity index (χ3n) is 10.4. The Morgan fingerprint density at radius 1 is 0.574 bits per heavy atom. The monoisotopic (exact) mass is 883 g/mol. The Labute approximate surface area is 330 Å². The number of para-hydroxylation sites is 1. The predicted molar refractivity (Wildman–Crippen MR) is 218 cm³/mol. The topological polar surface area (TPSA) is 44.9 Å². The predicted octanol–water partition coefficient (Wildman–Crippen LogP) is 12.6. The summed E-state index contributed by atoms with van der Waals surface area (Å²) in [6, 6.07) is 45.2. The molecule has 9 aromatic rings. The molecule has 4 heterocycles. The van der Waals surface area contributed by atoms with Gasteiger partial charge in [-0.2, -0.15) is 6.07 Å². The van der Waals surface area contributed by atoms with Crippen LogP contribution in [0.5, 0.6) is 11.5 Å². The van der Waals surface area contributed by atoms with Crippen LogP contribution in [0.2, 0.25) is 0 Å². The van der Waals surface area contributed by atoms with Crippen LogP contribution in [0.15, 0.2) is 122 Å². The van der Waals surface area contributed by atoms with Crippen molar-refractivity contribution in [3.63, 3.8) is 0 Å². The maximum atomic E-state index is 6.42. The molecule has 9 rings (SSSR count). The SMILES string of the molecule is Cc1cc(C(C)C)cc2c3cc(C(C)C)cc(C)c3n(-c3ccnc(-n4c5[c-]c(Oc6[c-]c(-c7ccccn7)ccc6)ccc5c5ccccc54)c3)c12.[Pt+2]. The van der Waals surface area contributed by atoms with Gasteiger partial charge in [0.25, 0.3) is 0 Å². The van der Waals surface area contributed by atoms with Crippen LogP contribution in [0.4, 0.5) is 0 Å². The first-order valence-corrected chi connectivity index (χ1v) is 18.4. The van der Waals surface area contributed by atoms with Gasteiger partial charge < -0.3 is 18.9 Å². The van der Waals surface area contributed by atoms with Crippen LogP contribution in [-0.2, 0) is 21.1 Å². The molecule has 0 aliphatic heterocycles. The molecule has 0 aliphatic rings. The molecule has 0 saturated carbocycles. The summed E-state index contributed by atoms with van der Waals surface area (Å²) < 4.78 is 11.1. The minimum Gasteiger partial charge on any atom is -0.503 e. The van der Waals surface area contributed by atoms with Gasteiger partial charge in [0.2, 0.25) is 0 Å². The summed E-state index contributed by atoms with van der Waals surface area (Å²) in [5.74, 6) is 2.88. The van der Waals surface area contributed by atoms with Crippen molar-refractivity contribution in [3.8, 4) is 34.3 Å². The number of pyridine rings is 2. The minimum absolute atomic E-state index is 0. The first kappa shape index (κ1) is 35.5. The number of hydrogen-bond donors (Lipinski definition) is 0. The maximum Gasteiger partial charge on any atom is 2.00 e. The molecule has 0 unspecified atom stereocenters. The summed E-state index contributed by atoms with van der Waals surface area (Å²) in [6.07, 6.45) is 3.71. The van der Waals surface area contributed by atoms with Gasteiger partial charge >= 0.3 is 21.1 Å². The van der Waals surface area contributed by atoms with E-state index >= 15 is 0 Å². The second-order valence-electron chi connectivity index (χ2n) is 14.7. The van der Waals surface area contributed by atoms with Gasteiger partial charge in [0, 0.05) is 46.2 Å². The number of rotatable bonds is 7. The maximum absolute atomic E-state index is 6.42. The summed E-state index contributed by atoms with van der Waals surface area (Å²) in [5, 5.41) is 4.80. The van der Waals surface area contributed by atoms with E-state index < -0.39 is 0 Å². The number of fused-ring (bicyclic) bond motifs is 6. The van der Waals surface area contributed by atoms with Gasteiger partial charge in [-0.25, -0.2) is 4.98 Å². The average molecular weight is 884 g/mol. The molecule has 268 valence electrons. The number of ether oxygens (including phenoxy) is 1. The molecular formula is C48H40N4OPt. The van der Waals surface area contributed by atoms with Crippen LogP contribution in [0.1, 0.15) is 61.8 Å². The number of benzene rings is 5. The minimum atomic E-state index is 0. The van der Waals surface area contributed by atoms with E-state index in [2.05, 4.69) is 135 Å². The zero-order chi connectivity index (χ0) is 36.4. The van der Waals surface area contributed by atoms with Crippen LogP contribution in [0.25, 0.3) is 66.4 Å². The van der Waals surface area contributed by atoms with E-state index in [9.17, 15) is 0 Å². The summed E-state index contributed by atoms with van der Waals surface area (Å²) >= 11 is 0. The van der Waals surface area contributed by atoms with Gasteiger partial charge in [-0.3, -0.25) is 0 Å². The fraction of sp³-hybridized carbons (Fsp3) is 0.167. The van der Waals surface area contributed by atoms with Crippen molar-refractivity contribution in [2.75, 3.05) is 0 Å². The Bertz CT molecular complexity index is 2780. The van der Waals surface area contributed by atoms with Crippen LogP contribution in [0, 0.1) is 26.0 Å². The van der Waals surface area contributed by atoms with Gasteiger partial charge in [0.15, 0.2) is 0 Å². The standard InChI is InChI=1S/C48H40N4O.Pt/c1-29(2)34-22-31(5)47-41(25-34)42-26-35(30(3)4)23-32(6)48(42)51(47)36-19-21-50-46(27-36)52-44-16-8-7-14-39(44)40-18-17-38(28-45(40)52)53-37-13-11-12-33(24-37)43-15-9-10-20-49-43;/h7-23,25-27,29-30H,1-6H3;/q-2;+2. The Hall–Kier alpha value is -5.51. The van der Waals surface area contributed by atoms with Gasteiger partial charge in [-0.1, -0.05) is 81.7 Å². The molecule has 6 heteroatoms. The molecular weight excluding hydrogens is 844 g/mol. The molecule has 54 heavy (non-hydrogen) atoms. The molecule has 0 spiro atoms. The van der Waals surface area contributed by atoms with Crippen LogP contribution < -0.4 is 4.74 Å². The third kappa shape index (κ3) is 6.01. The molecule has 4 aromatic heterocycles. The normalized spacial score (nSPS) is 11.7. The van der Waals surface area contributed by atoms with Crippen LogP contribution >= 0.6 is 0 Å². The van der Waals surface area contributed by atoms with Crippen LogP contribution in [-0.4, -0.2) is 19.1 Å². The average Bonchev–Trinajstić information content (AvgIpc) is 3.69. The Kier molecular flexibility index (Phi) is 9.24. The van der Waals surface area contributed by atoms with Crippen molar-refractivity contribution in [2.45, 2.75) is 53.4 Å². The van der Waals surface area contributed by atoms with Crippen LogP contribution in [0.3, 0.4) is 0 Å². The molecule has 0 N–H and O–H groups in total. The smallest absolute Gasteiger partial charge is 0.503 e. The Balaban J connectivity index is 0.00000413. The Morgan fingerprint density at radius 3 is 1.94 bits per heavy atom. The van der Waals surface area contributed by atoms with E-state index in [1.165, 1.54) is 44.1 Å². The summed E-state index contributed by atoms with van der Waals surface area (Å²) in [4.78, 5) is 9.50. The van der Waals surface area contributed by atoms with Gasteiger partial charge in [0.05, 0.1) is 16.7 Å². The quantitative estimate of drug-likeness (QED) is 0.150. The Morgan fingerprint density at radius 2 is 1.26 bits per heavy atom.